The van der Waals surface area contributed by atoms with E-state index in [-0.39, 0.29) is 6.04 Å². The lowest BCUT2D eigenvalue weighted by Crippen LogP contribution is -2.44. The molecule has 9 heteroatoms. The summed E-state index contributed by atoms with van der Waals surface area (Å²) in [6, 6.07) is 8.19. The standard InChI is InChI=1S/C24H24N8O/c1-14-12-27-31(3)21(14)19-5-4-18-20(28-19)24(32-10-11-33-13-15(32)2)30-23(29-18)17-7-9-26-22-16(17)6-8-25-22/h4-9,12,15H,10-11,13H2,1-3H3,(H,25,26)/t15-/m0/s1. The number of aromatic nitrogens is 7. The van der Waals surface area contributed by atoms with Crippen molar-refractivity contribution in [3.8, 4) is 22.8 Å². The Bertz CT molecular complexity index is 1470. The number of ether oxygens (including phenoxy) is 1. The molecule has 166 valence electrons. The summed E-state index contributed by atoms with van der Waals surface area (Å²) < 4.78 is 7.55. The lowest BCUT2D eigenvalue weighted by Gasteiger charge is -2.34. The molecule has 0 radical (unpaired) electrons. The van der Waals surface area contributed by atoms with Gasteiger partial charge in [-0.05, 0) is 43.7 Å². The molecular formula is C24H24N8O. The highest BCUT2D eigenvalue weighted by molar-refractivity contribution is 5.94. The number of hydrogen-bond donors (Lipinski definition) is 1. The van der Waals surface area contributed by atoms with Crippen LogP contribution in [0, 0.1) is 6.92 Å². The van der Waals surface area contributed by atoms with Crippen LogP contribution in [-0.4, -0.2) is 60.5 Å². The van der Waals surface area contributed by atoms with Gasteiger partial charge in [-0.15, -0.1) is 0 Å². The molecule has 1 saturated heterocycles. The van der Waals surface area contributed by atoms with E-state index in [0.29, 0.717) is 19.0 Å². The lowest BCUT2D eigenvalue weighted by molar-refractivity contribution is 0.0987. The smallest absolute Gasteiger partial charge is 0.163 e. The van der Waals surface area contributed by atoms with Gasteiger partial charge in [0.15, 0.2) is 11.6 Å². The van der Waals surface area contributed by atoms with Gasteiger partial charge in [0.2, 0.25) is 0 Å². The summed E-state index contributed by atoms with van der Waals surface area (Å²) in [5.41, 5.74) is 6.27. The molecule has 1 aliphatic rings. The average molecular weight is 441 g/mol. The number of fused-ring (bicyclic) bond motifs is 2. The molecular weight excluding hydrogens is 416 g/mol. The number of nitrogens with one attached hydrogen (secondary N) is 1. The molecule has 0 aliphatic carbocycles. The highest BCUT2D eigenvalue weighted by Gasteiger charge is 2.25. The van der Waals surface area contributed by atoms with Crippen molar-refractivity contribution >= 4 is 27.9 Å². The van der Waals surface area contributed by atoms with Crippen LogP contribution < -0.4 is 4.90 Å². The number of aromatic amines is 1. The summed E-state index contributed by atoms with van der Waals surface area (Å²) in [7, 11) is 1.93. The van der Waals surface area contributed by atoms with E-state index in [4.69, 9.17) is 19.7 Å². The van der Waals surface area contributed by atoms with Crippen molar-refractivity contribution in [1.82, 2.24) is 34.7 Å². The van der Waals surface area contributed by atoms with E-state index in [9.17, 15) is 0 Å². The minimum atomic E-state index is 0.179. The summed E-state index contributed by atoms with van der Waals surface area (Å²) >= 11 is 0. The topological polar surface area (TPSA) is 97.6 Å². The maximum Gasteiger partial charge on any atom is 0.163 e. The predicted octanol–water partition coefficient (Wildman–Crippen LogP) is 3.50. The number of nitrogens with zero attached hydrogens (tertiary/aromatic N) is 7. The molecule has 1 N–H and O–H groups in total. The molecule has 1 aliphatic heterocycles. The van der Waals surface area contributed by atoms with E-state index in [1.54, 1.807) is 6.20 Å². The van der Waals surface area contributed by atoms with E-state index in [1.165, 1.54) is 0 Å². The van der Waals surface area contributed by atoms with Gasteiger partial charge in [-0.1, -0.05) is 0 Å². The van der Waals surface area contributed by atoms with Crippen molar-refractivity contribution in [1.29, 1.82) is 0 Å². The molecule has 0 aromatic carbocycles. The SMILES string of the molecule is Cc1cnn(C)c1-c1ccc2nc(-c3ccnc4[nH]ccc34)nc(N3CCOC[C@@H]3C)c2n1. The third-order valence-electron chi connectivity index (χ3n) is 6.23. The second kappa shape index (κ2) is 7.63. The van der Waals surface area contributed by atoms with Crippen LogP contribution in [0.15, 0.2) is 42.9 Å². The number of rotatable bonds is 3. The second-order valence-corrected chi connectivity index (χ2v) is 8.45. The summed E-state index contributed by atoms with van der Waals surface area (Å²) in [5, 5.41) is 5.38. The monoisotopic (exact) mass is 440 g/mol. The fourth-order valence-corrected chi connectivity index (χ4v) is 4.56. The minimum absolute atomic E-state index is 0.179. The van der Waals surface area contributed by atoms with Crippen molar-refractivity contribution < 1.29 is 4.74 Å². The molecule has 6 rings (SSSR count). The van der Waals surface area contributed by atoms with Crippen LogP contribution >= 0.6 is 0 Å². The fourth-order valence-electron chi connectivity index (χ4n) is 4.56. The highest BCUT2D eigenvalue weighted by atomic mass is 16.5. The minimum Gasteiger partial charge on any atom is -0.377 e. The number of aryl methyl sites for hydroxylation is 2. The first-order valence-corrected chi connectivity index (χ1v) is 11.0. The molecule has 1 fully saturated rings. The van der Waals surface area contributed by atoms with Gasteiger partial charge < -0.3 is 14.6 Å². The number of anilines is 1. The zero-order chi connectivity index (χ0) is 22.5. The van der Waals surface area contributed by atoms with E-state index in [2.05, 4.69) is 26.9 Å². The Labute approximate surface area is 190 Å². The molecule has 0 unspecified atom stereocenters. The van der Waals surface area contributed by atoms with Crippen LogP contribution in [0.25, 0.3) is 44.8 Å². The van der Waals surface area contributed by atoms with Crippen LogP contribution in [0.3, 0.4) is 0 Å². The van der Waals surface area contributed by atoms with Gasteiger partial charge in [0, 0.05) is 36.9 Å². The summed E-state index contributed by atoms with van der Waals surface area (Å²) in [5.74, 6) is 1.49. The molecule has 5 aromatic rings. The van der Waals surface area contributed by atoms with Gasteiger partial charge in [-0.3, -0.25) is 4.68 Å². The summed E-state index contributed by atoms with van der Waals surface area (Å²) in [6.07, 6.45) is 5.53. The van der Waals surface area contributed by atoms with Gasteiger partial charge >= 0.3 is 0 Å². The number of hydrogen-bond acceptors (Lipinski definition) is 7. The van der Waals surface area contributed by atoms with Crippen molar-refractivity contribution in [2.45, 2.75) is 19.9 Å². The van der Waals surface area contributed by atoms with Gasteiger partial charge in [0.1, 0.15) is 11.2 Å². The molecule has 0 spiro atoms. The van der Waals surface area contributed by atoms with Crippen molar-refractivity contribution in [2.75, 3.05) is 24.7 Å². The highest BCUT2D eigenvalue weighted by Crippen LogP contribution is 2.33. The first-order valence-electron chi connectivity index (χ1n) is 11.0. The first kappa shape index (κ1) is 19.8. The molecule has 6 heterocycles. The second-order valence-electron chi connectivity index (χ2n) is 8.45. The van der Waals surface area contributed by atoms with Crippen LogP contribution in [0.1, 0.15) is 12.5 Å². The van der Waals surface area contributed by atoms with Crippen molar-refractivity contribution in [3.63, 3.8) is 0 Å². The Kier molecular flexibility index (Phi) is 4.58. The molecule has 9 nitrogen and oxygen atoms in total. The van der Waals surface area contributed by atoms with Crippen molar-refractivity contribution in [2.24, 2.45) is 7.05 Å². The Morgan fingerprint density at radius 2 is 2.03 bits per heavy atom. The third kappa shape index (κ3) is 3.23. The van der Waals surface area contributed by atoms with Gasteiger partial charge in [0.05, 0.1) is 42.4 Å². The number of morpholine rings is 1. The fraction of sp³-hybridized carbons (Fsp3) is 0.292. The number of pyridine rings is 2. The maximum atomic E-state index is 5.69. The van der Waals surface area contributed by atoms with E-state index >= 15 is 0 Å². The van der Waals surface area contributed by atoms with Gasteiger partial charge in [-0.25, -0.2) is 19.9 Å². The van der Waals surface area contributed by atoms with Crippen molar-refractivity contribution in [3.05, 3.63) is 48.4 Å². The molecule has 33 heavy (non-hydrogen) atoms. The zero-order valence-corrected chi connectivity index (χ0v) is 18.8. The van der Waals surface area contributed by atoms with E-state index in [0.717, 1.165) is 56.9 Å². The van der Waals surface area contributed by atoms with Gasteiger partial charge in [0.25, 0.3) is 0 Å². The average Bonchev–Trinajstić information content (AvgIpc) is 3.44. The van der Waals surface area contributed by atoms with Crippen LogP contribution in [-0.2, 0) is 11.8 Å². The summed E-state index contributed by atoms with van der Waals surface area (Å²) in [4.78, 5) is 24.9. The summed E-state index contributed by atoms with van der Waals surface area (Å²) in [6.45, 7) is 6.25. The Morgan fingerprint density at radius 3 is 2.85 bits per heavy atom. The van der Waals surface area contributed by atoms with Gasteiger partial charge in [-0.2, -0.15) is 5.10 Å². The molecule has 5 aromatic heterocycles. The van der Waals surface area contributed by atoms with E-state index in [1.807, 2.05) is 55.3 Å². The third-order valence-corrected chi connectivity index (χ3v) is 6.23. The van der Waals surface area contributed by atoms with E-state index < -0.39 is 0 Å². The van der Waals surface area contributed by atoms with Crippen LogP contribution in [0.4, 0.5) is 5.82 Å². The lowest BCUT2D eigenvalue weighted by atomic mass is 10.1. The van der Waals surface area contributed by atoms with Crippen LogP contribution in [0.5, 0.6) is 0 Å². The molecule has 0 bridgehead atoms. The quantitative estimate of drug-likeness (QED) is 0.458. The van der Waals surface area contributed by atoms with Crippen LogP contribution in [0.2, 0.25) is 0 Å². The Balaban J connectivity index is 1.60. The largest absolute Gasteiger partial charge is 0.377 e. The molecule has 1 atom stereocenters. The maximum absolute atomic E-state index is 5.69. The normalized spacial score (nSPS) is 16.7. The number of H-pyrrole nitrogens is 1. The molecule has 0 amide bonds. The Morgan fingerprint density at radius 1 is 1.12 bits per heavy atom. The first-order chi connectivity index (χ1) is 16.1. The zero-order valence-electron chi connectivity index (χ0n) is 18.8. The predicted molar refractivity (Wildman–Crippen MR) is 127 cm³/mol. The molecule has 0 saturated carbocycles. The Hall–Kier alpha value is -3.85.